The fourth-order valence-electron chi connectivity index (χ4n) is 1.50. The van der Waals surface area contributed by atoms with Gasteiger partial charge in [0.15, 0.2) is 0 Å². The van der Waals surface area contributed by atoms with Gasteiger partial charge >= 0.3 is 0 Å². The average molecular weight is 241 g/mol. The van der Waals surface area contributed by atoms with Gasteiger partial charge in [-0.2, -0.15) is 0 Å². The van der Waals surface area contributed by atoms with Crippen LogP contribution in [0.25, 0.3) is 0 Å². The second-order valence-corrected chi connectivity index (χ2v) is 9.23. The molecule has 0 atom stereocenters. The minimum absolute atomic E-state index is 1.14. The van der Waals surface area contributed by atoms with Gasteiger partial charge in [0.1, 0.15) is 0 Å². The first kappa shape index (κ1) is 12.5. The van der Waals surface area contributed by atoms with E-state index in [2.05, 4.69) is 25.9 Å². The van der Waals surface area contributed by atoms with E-state index in [-0.39, 0.29) is 0 Å². The predicted molar refractivity (Wildman–Crippen MR) is 70.2 cm³/mol. The molecular formula is C11H19NOSSi. The van der Waals surface area contributed by atoms with Crippen LogP contribution in [0.15, 0.2) is 22.7 Å². The first-order valence-corrected chi connectivity index (χ1v) is 8.92. The van der Waals surface area contributed by atoms with Gasteiger partial charge in [0.25, 0.3) is 8.32 Å². The van der Waals surface area contributed by atoms with E-state index in [1.807, 2.05) is 23.7 Å². The van der Waals surface area contributed by atoms with E-state index in [1.165, 1.54) is 0 Å². The highest BCUT2D eigenvalue weighted by atomic mass is 32.1. The molecule has 2 nitrogen and oxygen atoms in total. The van der Waals surface area contributed by atoms with E-state index in [0.717, 1.165) is 23.0 Å². The van der Waals surface area contributed by atoms with Gasteiger partial charge in [-0.25, -0.2) is 0 Å². The molecule has 0 aliphatic carbocycles. The summed E-state index contributed by atoms with van der Waals surface area (Å²) < 4.78 is 5.77. The highest BCUT2D eigenvalue weighted by molar-refractivity contribution is 7.11. The summed E-state index contributed by atoms with van der Waals surface area (Å²) in [6.07, 6.45) is 1.83. The minimum atomic E-state index is -1.54. The molecule has 0 aromatic carbocycles. The van der Waals surface area contributed by atoms with Gasteiger partial charge in [-0.3, -0.25) is 0 Å². The molecule has 0 unspecified atom stereocenters. The molecule has 84 valence electrons. The zero-order valence-corrected chi connectivity index (χ0v) is 11.5. The van der Waals surface area contributed by atoms with Crippen molar-refractivity contribution in [1.82, 2.24) is 0 Å². The van der Waals surface area contributed by atoms with Gasteiger partial charge in [-0.1, -0.05) is 26.8 Å². The topological polar surface area (TPSA) is 21.6 Å². The largest absolute Gasteiger partial charge is 0.455 e. The van der Waals surface area contributed by atoms with Crippen LogP contribution in [0, 0.1) is 0 Å². The number of hydrogen-bond donors (Lipinski definition) is 0. The second kappa shape index (κ2) is 6.08. The summed E-state index contributed by atoms with van der Waals surface area (Å²) in [5.74, 6) is 0. The van der Waals surface area contributed by atoms with Crippen molar-refractivity contribution in [3.8, 4) is 0 Å². The zero-order chi connectivity index (χ0) is 11.1. The van der Waals surface area contributed by atoms with Gasteiger partial charge in [0, 0.05) is 4.88 Å². The minimum Gasteiger partial charge on any atom is -0.455 e. The Labute approximate surface area is 97.1 Å². The van der Waals surface area contributed by atoms with E-state index in [4.69, 9.17) is 4.53 Å². The van der Waals surface area contributed by atoms with Crippen LogP contribution in [0.3, 0.4) is 0 Å². The third-order valence-electron chi connectivity index (χ3n) is 2.90. The standard InChI is InChI=1S/C11H19NOSSi/c1-4-15(5-2,6-3)13-12-10-11-8-7-9-14-11/h7-10H,4-6H2,1-3H3/b12-10+. The molecule has 0 aliphatic rings. The number of thiophene rings is 1. The molecule has 0 amide bonds. The lowest BCUT2D eigenvalue weighted by atomic mass is 10.5. The van der Waals surface area contributed by atoms with Gasteiger partial charge in [-0.15, -0.1) is 16.5 Å². The van der Waals surface area contributed by atoms with E-state index in [9.17, 15) is 0 Å². The van der Waals surface area contributed by atoms with Crippen LogP contribution in [-0.4, -0.2) is 14.5 Å². The van der Waals surface area contributed by atoms with E-state index >= 15 is 0 Å². The molecule has 15 heavy (non-hydrogen) atoms. The van der Waals surface area contributed by atoms with Crippen LogP contribution >= 0.6 is 11.3 Å². The summed E-state index contributed by atoms with van der Waals surface area (Å²) in [6, 6.07) is 7.49. The van der Waals surface area contributed by atoms with Crippen LogP contribution < -0.4 is 0 Å². The van der Waals surface area contributed by atoms with Crippen molar-refractivity contribution in [2.45, 2.75) is 38.9 Å². The molecule has 0 radical (unpaired) electrons. The van der Waals surface area contributed by atoms with Crippen molar-refractivity contribution < 1.29 is 4.53 Å². The van der Waals surface area contributed by atoms with Crippen molar-refractivity contribution in [2.75, 3.05) is 0 Å². The van der Waals surface area contributed by atoms with Crippen LogP contribution in [0.2, 0.25) is 18.1 Å². The van der Waals surface area contributed by atoms with Crippen molar-refractivity contribution in [3.05, 3.63) is 22.4 Å². The SMILES string of the molecule is CC[Si](CC)(CC)O/N=C/c1cccs1. The summed E-state index contributed by atoms with van der Waals surface area (Å²) in [6.45, 7) is 6.62. The first-order valence-electron chi connectivity index (χ1n) is 5.51. The fourth-order valence-corrected chi connectivity index (χ4v) is 4.24. The lowest BCUT2D eigenvalue weighted by Crippen LogP contribution is -2.33. The maximum absolute atomic E-state index is 5.77. The molecule has 1 heterocycles. The van der Waals surface area contributed by atoms with Crippen molar-refractivity contribution in [1.29, 1.82) is 0 Å². The number of nitrogens with zero attached hydrogens (tertiary/aromatic N) is 1. The Kier molecular flexibility index (Phi) is 5.05. The smallest absolute Gasteiger partial charge is 0.286 e. The highest BCUT2D eigenvalue weighted by Gasteiger charge is 2.31. The maximum Gasteiger partial charge on any atom is 0.286 e. The molecule has 4 heteroatoms. The summed E-state index contributed by atoms with van der Waals surface area (Å²) in [4.78, 5) is 1.15. The summed E-state index contributed by atoms with van der Waals surface area (Å²) in [7, 11) is -1.54. The van der Waals surface area contributed by atoms with Crippen molar-refractivity contribution in [3.63, 3.8) is 0 Å². The van der Waals surface area contributed by atoms with Gasteiger partial charge < -0.3 is 4.53 Å². The molecule has 0 saturated heterocycles. The molecule has 1 rings (SSSR count). The average Bonchev–Trinajstić information content (AvgIpc) is 2.78. The van der Waals surface area contributed by atoms with Crippen LogP contribution in [0.1, 0.15) is 25.6 Å². The molecule has 0 saturated carbocycles. The molecule has 1 aromatic heterocycles. The lowest BCUT2D eigenvalue weighted by Gasteiger charge is -2.23. The number of rotatable bonds is 6. The van der Waals surface area contributed by atoms with Gasteiger partial charge in [0.2, 0.25) is 0 Å². The van der Waals surface area contributed by atoms with Crippen molar-refractivity contribution in [2.24, 2.45) is 5.16 Å². The number of hydrogen-bond acceptors (Lipinski definition) is 3. The Balaban J connectivity index is 2.53. The quantitative estimate of drug-likeness (QED) is 0.417. The molecule has 1 aromatic rings. The predicted octanol–water partition coefficient (Wildman–Crippen LogP) is 4.10. The molecule has 0 N–H and O–H groups in total. The Hall–Kier alpha value is -0.613. The highest BCUT2D eigenvalue weighted by Crippen LogP contribution is 2.21. The van der Waals surface area contributed by atoms with Gasteiger partial charge in [0.05, 0.1) is 6.21 Å². The third-order valence-corrected chi connectivity index (χ3v) is 8.07. The lowest BCUT2D eigenvalue weighted by molar-refractivity contribution is 0.324. The number of oxime groups is 1. The monoisotopic (exact) mass is 241 g/mol. The van der Waals surface area contributed by atoms with Crippen LogP contribution in [0.5, 0.6) is 0 Å². The fraction of sp³-hybridized carbons (Fsp3) is 0.545. The Morgan fingerprint density at radius 2 is 2.00 bits per heavy atom. The first-order chi connectivity index (χ1) is 7.26. The zero-order valence-electron chi connectivity index (χ0n) is 9.69. The molecular weight excluding hydrogens is 222 g/mol. The molecule has 0 fully saturated rings. The Morgan fingerprint density at radius 3 is 2.47 bits per heavy atom. The normalized spacial score (nSPS) is 12.2. The van der Waals surface area contributed by atoms with E-state index in [0.29, 0.717) is 0 Å². The molecule has 0 aliphatic heterocycles. The molecule has 0 bridgehead atoms. The van der Waals surface area contributed by atoms with Crippen LogP contribution in [-0.2, 0) is 4.53 Å². The van der Waals surface area contributed by atoms with E-state index in [1.54, 1.807) is 11.3 Å². The Bertz CT molecular complexity index is 285. The summed E-state index contributed by atoms with van der Waals surface area (Å²) in [5.41, 5.74) is 0. The Morgan fingerprint density at radius 1 is 1.33 bits per heavy atom. The summed E-state index contributed by atoms with van der Waals surface area (Å²) >= 11 is 1.68. The maximum atomic E-state index is 5.77. The van der Waals surface area contributed by atoms with Crippen molar-refractivity contribution >= 4 is 25.9 Å². The van der Waals surface area contributed by atoms with E-state index < -0.39 is 8.32 Å². The van der Waals surface area contributed by atoms with Gasteiger partial charge in [-0.05, 0) is 29.6 Å². The van der Waals surface area contributed by atoms with Crippen LogP contribution in [0.4, 0.5) is 0 Å². The summed E-state index contributed by atoms with van der Waals surface area (Å²) in [5, 5.41) is 6.19. The molecule has 0 spiro atoms. The second-order valence-electron chi connectivity index (χ2n) is 3.58. The third kappa shape index (κ3) is 3.46.